The molecule has 0 aliphatic heterocycles. The van der Waals surface area contributed by atoms with Gasteiger partial charge in [-0.3, -0.25) is 0 Å². The normalized spacial score (nSPS) is 10.9. The largest absolute Gasteiger partial charge is 0.0845 e. The first-order valence-corrected chi connectivity index (χ1v) is 6.81. The van der Waals surface area contributed by atoms with E-state index in [0.29, 0.717) is 0 Å². The molecule has 102 valence electrons. The van der Waals surface area contributed by atoms with Crippen molar-refractivity contribution in [2.24, 2.45) is 0 Å². The molecule has 0 saturated heterocycles. The van der Waals surface area contributed by atoms with Gasteiger partial charge in [-0.05, 0) is 52.7 Å². The lowest BCUT2D eigenvalue weighted by molar-refractivity contribution is 1.31. The Labute approximate surface area is 114 Å². The van der Waals surface area contributed by atoms with Crippen molar-refractivity contribution in [3.05, 3.63) is 58.7 Å². The van der Waals surface area contributed by atoms with Crippen LogP contribution in [0.1, 0.15) is 52.7 Å². The molecule has 0 spiro atoms. The van der Waals surface area contributed by atoms with Gasteiger partial charge in [-0.15, -0.1) is 0 Å². The van der Waals surface area contributed by atoms with Crippen LogP contribution in [0.5, 0.6) is 0 Å². The predicted molar refractivity (Wildman–Crippen MR) is 86.1 cm³/mol. The van der Waals surface area contributed by atoms with Crippen LogP contribution in [0.25, 0.3) is 0 Å². The average molecular weight is 246 g/mol. The van der Waals surface area contributed by atoms with E-state index in [0.717, 1.165) is 0 Å². The molecule has 1 rings (SSSR count). The number of rotatable bonds is 1. The third kappa shape index (κ3) is 8.81. The van der Waals surface area contributed by atoms with Crippen LogP contribution in [0.4, 0.5) is 0 Å². The van der Waals surface area contributed by atoms with E-state index in [9.17, 15) is 0 Å². The van der Waals surface area contributed by atoms with Gasteiger partial charge in [0, 0.05) is 0 Å². The smallest absolute Gasteiger partial charge is 0.0395 e. The number of hydrogen-bond acceptors (Lipinski definition) is 0. The molecule has 0 amide bonds. The highest BCUT2D eigenvalue weighted by molar-refractivity contribution is 5.25. The van der Waals surface area contributed by atoms with E-state index < -0.39 is 0 Å². The monoisotopic (exact) mass is 246 g/mol. The van der Waals surface area contributed by atoms with Gasteiger partial charge in [0.2, 0.25) is 0 Å². The lowest BCUT2D eigenvalue weighted by Crippen LogP contribution is -1.74. The lowest BCUT2D eigenvalue weighted by Gasteiger charge is -1.95. The number of hydrogen-bond donors (Lipinski definition) is 0. The molecule has 0 N–H and O–H groups in total. The molecule has 0 radical (unpaired) electrons. The second kappa shape index (κ2) is 12.2. The molecule has 18 heavy (non-hydrogen) atoms. The fraction of sp³-hybridized carbons (Fsp3) is 0.444. The molecule has 1 aromatic carbocycles. The van der Waals surface area contributed by atoms with E-state index in [1.165, 1.54) is 22.3 Å². The maximum Gasteiger partial charge on any atom is -0.0395 e. The molecule has 0 aliphatic rings. The van der Waals surface area contributed by atoms with Gasteiger partial charge in [0.1, 0.15) is 0 Å². The summed E-state index contributed by atoms with van der Waals surface area (Å²) in [7, 11) is 0. The van der Waals surface area contributed by atoms with Crippen LogP contribution in [0.2, 0.25) is 0 Å². The van der Waals surface area contributed by atoms with Crippen molar-refractivity contribution in [2.75, 3.05) is 0 Å². The van der Waals surface area contributed by atoms with Gasteiger partial charge in [0.05, 0.1) is 0 Å². The van der Waals surface area contributed by atoms with Gasteiger partial charge in [-0.2, -0.15) is 0 Å². The molecule has 0 saturated carbocycles. The minimum Gasteiger partial charge on any atom is -0.0845 e. The van der Waals surface area contributed by atoms with E-state index in [1.807, 2.05) is 13.8 Å². The molecule has 0 unspecified atom stereocenters. The highest BCUT2D eigenvalue weighted by atomic mass is 13.9. The molecular formula is C18H30. The predicted octanol–water partition coefficient (Wildman–Crippen LogP) is 6.25. The molecule has 0 bridgehead atoms. The second-order valence-corrected chi connectivity index (χ2v) is 4.03. The van der Waals surface area contributed by atoms with Crippen LogP contribution < -0.4 is 0 Å². The highest BCUT2D eigenvalue weighted by Gasteiger charge is 1.85. The van der Waals surface area contributed by atoms with E-state index in [4.69, 9.17) is 0 Å². The van der Waals surface area contributed by atoms with Crippen LogP contribution in [-0.2, 0) is 0 Å². The van der Waals surface area contributed by atoms with Crippen LogP contribution in [0.3, 0.4) is 0 Å². The van der Waals surface area contributed by atoms with Crippen LogP contribution in [-0.4, -0.2) is 0 Å². The van der Waals surface area contributed by atoms with E-state index >= 15 is 0 Å². The van der Waals surface area contributed by atoms with Crippen LogP contribution in [0.15, 0.2) is 47.6 Å². The van der Waals surface area contributed by atoms with Gasteiger partial charge in [0.15, 0.2) is 0 Å². The summed E-state index contributed by atoms with van der Waals surface area (Å²) in [5.74, 6) is 0. The quantitative estimate of drug-likeness (QED) is 0.514. The Bertz CT molecular complexity index is 330. The van der Waals surface area contributed by atoms with Crippen molar-refractivity contribution in [1.29, 1.82) is 0 Å². The zero-order valence-corrected chi connectivity index (χ0v) is 13.5. The third-order valence-electron chi connectivity index (χ3n) is 2.91. The third-order valence-corrected chi connectivity index (χ3v) is 2.91. The van der Waals surface area contributed by atoms with Gasteiger partial charge in [-0.25, -0.2) is 0 Å². The fourth-order valence-corrected chi connectivity index (χ4v) is 1.12. The van der Waals surface area contributed by atoms with E-state index in [2.05, 4.69) is 78.0 Å². The zero-order valence-electron chi connectivity index (χ0n) is 13.5. The Morgan fingerprint density at radius 3 is 1.22 bits per heavy atom. The van der Waals surface area contributed by atoms with Gasteiger partial charge >= 0.3 is 0 Å². The van der Waals surface area contributed by atoms with Gasteiger partial charge in [0.25, 0.3) is 0 Å². The van der Waals surface area contributed by atoms with Gasteiger partial charge < -0.3 is 0 Å². The standard InChI is InChI=1S/C8H10.C8H14.C2H6/c1-7-5-3-4-6-8(7)2;1-5-7(3)8(4)6-2;1-2/h3-6H,1-2H3;5-6H,1-4H3;1-2H3/b;7-5-,8-6-;. The summed E-state index contributed by atoms with van der Waals surface area (Å²) >= 11 is 0. The first-order valence-electron chi connectivity index (χ1n) is 6.81. The molecule has 1 aromatic rings. The molecule has 0 fully saturated rings. The van der Waals surface area contributed by atoms with Crippen molar-refractivity contribution in [2.45, 2.75) is 55.4 Å². The van der Waals surface area contributed by atoms with E-state index in [-0.39, 0.29) is 0 Å². The molecule has 0 aromatic heterocycles. The summed E-state index contributed by atoms with van der Waals surface area (Å²) in [4.78, 5) is 0. The minimum atomic E-state index is 1.37. The van der Waals surface area contributed by atoms with Crippen molar-refractivity contribution >= 4 is 0 Å². The van der Waals surface area contributed by atoms with Crippen LogP contribution >= 0.6 is 0 Å². The zero-order chi connectivity index (χ0) is 14.6. The molecule has 0 heterocycles. The van der Waals surface area contributed by atoms with Crippen LogP contribution in [0, 0.1) is 13.8 Å². The number of benzene rings is 1. The SMILES string of the molecule is C/C=C(C)\C(C)=C/C.CC.Cc1ccccc1C. The highest BCUT2D eigenvalue weighted by Crippen LogP contribution is 2.05. The summed E-state index contributed by atoms with van der Waals surface area (Å²) < 4.78 is 0. The Kier molecular flexibility index (Phi) is 12.9. The molecule has 0 atom stereocenters. The molecule has 0 heteroatoms. The summed E-state index contributed by atoms with van der Waals surface area (Å²) in [6, 6.07) is 8.36. The molecular weight excluding hydrogens is 216 g/mol. The minimum absolute atomic E-state index is 1.37. The van der Waals surface area contributed by atoms with Crippen molar-refractivity contribution in [3.8, 4) is 0 Å². The molecule has 0 aliphatic carbocycles. The Balaban J connectivity index is 0. The maximum atomic E-state index is 2.12. The summed E-state index contributed by atoms with van der Waals surface area (Å²) in [5.41, 5.74) is 5.47. The topological polar surface area (TPSA) is 0 Å². The van der Waals surface area contributed by atoms with Crippen molar-refractivity contribution < 1.29 is 0 Å². The average Bonchev–Trinajstić information content (AvgIpc) is 2.43. The summed E-state index contributed by atoms with van der Waals surface area (Å²) in [6.07, 6.45) is 4.24. The Morgan fingerprint density at radius 2 is 1.06 bits per heavy atom. The number of allylic oxidation sites excluding steroid dienone is 4. The first kappa shape index (κ1) is 19.0. The Hall–Kier alpha value is -1.30. The van der Waals surface area contributed by atoms with E-state index in [1.54, 1.807) is 0 Å². The Morgan fingerprint density at radius 1 is 0.778 bits per heavy atom. The first-order chi connectivity index (χ1) is 8.52. The second-order valence-electron chi connectivity index (χ2n) is 4.03. The number of aryl methyl sites for hydroxylation is 2. The van der Waals surface area contributed by atoms with Crippen molar-refractivity contribution in [1.82, 2.24) is 0 Å². The van der Waals surface area contributed by atoms with Crippen molar-refractivity contribution in [3.63, 3.8) is 0 Å². The molecule has 0 nitrogen and oxygen atoms in total. The lowest BCUT2D eigenvalue weighted by atomic mass is 10.1. The summed E-state index contributed by atoms with van der Waals surface area (Å²) in [5, 5.41) is 0. The van der Waals surface area contributed by atoms with Gasteiger partial charge in [-0.1, -0.05) is 61.4 Å². The maximum absolute atomic E-state index is 2.12. The summed E-state index contributed by atoms with van der Waals surface area (Å²) in [6.45, 7) is 16.6. The fourth-order valence-electron chi connectivity index (χ4n) is 1.12.